The Hall–Kier alpha value is -2.77. The maximum atomic E-state index is 12.3. The smallest absolute Gasteiger partial charge is 0.410 e. The first kappa shape index (κ1) is 21.5. The van der Waals surface area contributed by atoms with Crippen LogP contribution in [-0.2, 0) is 20.9 Å². The summed E-state index contributed by atoms with van der Waals surface area (Å²) in [6, 6.07) is 7.22. The summed E-state index contributed by atoms with van der Waals surface area (Å²) in [6.45, 7) is 6.56. The van der Waals surface area contributed by atoms with Gasteiger partial charge >= 0.3 is 18.2 Å². The monoisotopic (exact) mass is 392 g/mol. The number of carbonyl (C=O) groups is 3. The maximum Gasteiger partial charge on any atom is 0.410 e. The Balaban J connectivity index is 1.88. The number of hydrogen-bond acceptors (Lipinski definition) is 5. The van der Waals surface area contributed by atoms with Crippen LogP contribution in [0.25, 0.3) is 0 Å². The van der Waals surface area contributed by atoms with Crippen molar-refractivity contribution < 1.29 is 29.0 Å². The Morgan fingerprint density at radius 2 is 1.86 bits per heavy atom. The van der Waals surface area contributed by atoms with E-state index in [9.17, 15) is 19.5 Å². The number of nitrogens with one attached hydrogen (secondary N) is 1. The van der Waals surface area contributed by atoms with Crippen LogP contribution >= 0.6 is 0 Å². The van der Waals surface area contributed by atoms with Crippen molar-refractivity contribution >= 4 is 18.2 Å². The standard InChI is InChI=1S/C20H28N2O6/c1-20(2,3)10-12-27-19(26)22-11-9-15(16(22)17(23)24)21-18(25)28-13-14-7-5-4-6-8-14/h4-8,15-16H,9-13H2,1-3H3,(H,21,25)(H,23,24)/t15-,16+/m0/s1. The molecule has 2 N–H and O–H groups in total. The number of carboxylic acids is 1. The van der Waals surface area contributed by atoms with Crippen molar-refractivity contribution in [3.05, 3.63) is 35.9 Å². The molecular formula is C20H28N2O6. The van der Waals surface area contributed by atoms with Gasteiger partial charge in [0.2, 0.25) is 0 Å². The molecule has 1 aliphatic rings. The van der Waals surface area contributed by atoms with Crippen molar-refractivity contribution in [2.45, 2.75) is 52.3 Å². The fourth-order valence-corrected chi connectivity index (χ4v) is 2.90. The lowest BCUT2D eigenvalue weighted by atomic mass is 9.93. The number of amides is 2. The summed E-state index contributed by atoms with van der Waals surface area (Å²) in [5, 5.41) is 12.1. The second kappa shape index (κ2) is 9.43. The van der Waals surface area contributed by atoms with E-state index in [0.29, 0.717) is 12.8 Å². The lowest BCUT2D eigenvalue weighted by Gasteiger charge is -2.25. The van der Waals surface area contributed by atoms with Gasteiger partial charge in [0.05, 0.1) is 12.6 Å². The van der Waals surface area contributed by atoms with Crippen LogP contribution in [0.3, 0.4) is 0 Å². The zero-order valence-corrected chi connectivity index (χ0v) is 16.5. The molecule has 0 spiro atoms. The van der Waals surface area contributed by atoms with Crippen molar-refractivity contribution in [2.24, 2.45) is 5.41 Å². The molecule has 28 heavy (non-hydrogen) atoms. The van der Waals surface area contributed by atoms with Crippen LogP contribution in [0.2, 0.25) is 0 Å². The van der Waals surface area contributed by atoms with Crippen LogP contribution in [0.1, 0.15) is 39.2 Å². The lowest BCUT2D eigenvalue weighted by Crippen LogP contribution is -2.51. The van der Waals surface area contributed by atoms with Gasteiger partial charge in [-0.15, -0.1) is 0 Å². The second-order valence-electron chi connectivity index (χ2n) is 8.00. The Morgan fingerprint density at radius 3 is 2.46 bits per heavy atom. The van der Waals surface area contributed by atoms with Crippen molar-refractivity contribution in [1.29, 1.82) is 0 Å². The van der Waals surface area contributed by atoms with Crippen molar-refractivity contribution in [1.82, 2.24) is 10.2 Å². The number of ether oxygens (including phenoxy) is 2. The highest BCUT2D eigenvalue weighted by Crippen LogP contribution is 2.22. The zero-order valence-electron chi connectivity index (χ0n) is 16.5. The molecule has 154 valence electrons. The maximum absolute atomic E-state index is 12.3. The van der Waals surface area contributed by atoms with Crippen LogP contribution in [0.15, 0.2) is 30.3 Å². The summed E-state index contributed by atoms with van der Waals surface area (Å²) in [5.74, 6) is -1.20. The summed E-state index contributed by atoms with van der Waals surface area (Å²) in [6.07, 6.45) is -0.425. The minimum atomic E-state index is -1.20. The second-order valence-corrected chi connectivity index (χ2v) is 8.00. The van der Waals surface area contributed by atoms with E-state index in [-0.39, 0.29) is 25.2 Å². The Kier molecular flexibility index (Phi) is 7.25. The zero-order chi connectivity index (χ0) is 20.7. The highest BCUT2D eigenvalue weighted by molar-refractivity contribution is 5.82. The van der Waals surface area contributed by atoms with E-state index in [4.69, 9.17) is 9.47 Å². The number of carboxylic acid groups (broad SMARTS) is 1. The number of likely N-dealkylation sites (tertiary alicyclic amines) is 1. The van der Waals surface area contributed by atoms with Gasteiger partial charge in [0.1, 0.15) is 6.61 Å². The predicted octanol–water partition coefficient (Wildman–Crippen LogP) is 3.01. The summed E-state index contributed by atoms with van der Waals surface area (Å²) in [5.41, 5.74) is 0.826. The average molecular weight is 392 g/mol. The normalized spacial score (nSPS) is 19.2. The minimum absolute atomic E-state index is 0.00406. The fourth-order valence-electron chi connectivity index (χ4n) is 2.90. The van der Waals surface area contributed by atoms with Crippen LogP contribution in [0.4, 0.5) is 9.59 Å². The molecule has 2 rings (SSSR count). The average Bonchev–Trinajstić information content (AvgIpc) is 3.03. The largest absolute Gasteiger partial charge is 0.480 e. The Bertz CT molecular complexity index is 686. The molecule has 2 atom stereocenters. The quantitative estimate of drug-likeness (QED) is 0.771. The van der Waals surface area contributed by atoms with Crippen LogP contribution < -0.4 is 5.32 Å². The molecule has 1 aliphatic heterocycles. The third-order valence-corrected chi connectivity index (χ3v) is 4.48. The summed E-state index contributed by atoms with van der Waals surface area (Å²) in [7, 11) is 0. The third-order valence-electron chi connectivity index (χ3n) is 4.48. The van der Waals surface area contributed by atoms with Gasteiger partial charge in [0.25, 0.3) is 0 Å². The molecular weight excluding hydrogens is 364 g/mol. The van der Waals surface area contributed by atoms with Crippen LogP contribution in [0.5, 0.6) is 0 Å². The van der Waals surface area contributed by atoms with Crippen LogP contribution in [-0.4, -0.2) is 53.4 Å². The molecule has 0 saturated carbocycles. The van der Waals surface area contributed by atoms with E-state index in [0.717, 1.165) is 10.5 Å². The van der Waals surface area contributed by atoms with E-state index in [1.54, 1.807) is 0 Å². The van der Waals surface area contributed by atoms with E-state index in [2.05, 4.69) is 5.32 Å². The van der Waals surface area contributed by atoms with Crippen molar-refractivity contribution in [3.8, 4) is 0 Å². The summed E-state index contributed by atoms with van der Waals surface area (Å²) < 4.78 is 10.4. The molecule has 0 aromatic heterocycles. The first-order valence-corrected chi connectivity index (χ1v) is 9.31. The fraction of sp³-hybridized carbons (Fsp3) is 0.550. The van der Waals surface area contributed by atoms with Gasteiger partial charge < -0.3 is 19.9 Å². The van der Waals surface area contributed by atoms with Gasteiger partial charge in [-0.1, -0.05) is 51.1 Å². The SMILES string of the molecule is CC(C)(C)CCOC(=O)N1CC[C@H](NC(=O)OCc2ccccc2)[C@@H]1C(=O)O. The molecule has 8 heteroatoms. The molecule has 1 aromatic rings. The van der Waals surface area contributed by atoms with Gasteiger partial charge in [-0.2, -0.15) is 0 Å². The van der Waals surface area contributed by atoms with Crippen molar-refractivity contribution in [3.63, 3.8) is 0 Å². The summed E-state index contributed by atoms with van der Waals surface area (Å²) >= 11 is 0. The van der Waals surface area contributed by atoms with E-state index in [1.165, 1.54) is 0 Å². The van der Waals surface area contributed by atoms with Crippen molar-refractivity contribution in [2.75, 3.05) is 13.2 Å². The number of rotatable bonds is 6. The number of benzene rings is 1. The number of aliphatic carboxylic acids is 1. The molecule has 0 bridgehead atoms. The lowest BCUT2D eigenvalue weighted by molar-refractivity contribution is -0.142. The number of alkyl carbamates (subject to hydrolysis) is 1. The number of nitrogens with zero attached hydrogens (tertiary/aromatic N) is 1. The molecule has 0 radical (unpaired) electrons. The molecule has 8 nitrogen and oxygen atoms in total. The molecule has 1 saturated heterocycles. The predicted molar refractivity (Wildman–Crippen MR) is 102 cm³/mol. The topological polar surface area (TPSA) is 105 Å². The summed E-state index contributed by atoms with van der Waals surface area (Å²) in [4.78, 5) is 37.1. The minimum Gasteiger partial charge on any atom is -0.480 e. The number of hydrogen-bond donors (Lipinski definition) is 2. The highest BCUT2D eigenvalue weighted by Gasteiger charge is 2.43. The van der Waals surface area contributed by atoms with E-state index >= 15 is 0 Å². The Labute approximate surface area is 164 Å². The van der Waals surface area contributed by atoms with Gasteiger partial charge in [-0.3, -0.25) is 4.90 Å². The first-order valence-electron chi connectivity index (χ1n) is 9.31. The molecule has 0 aliphatic carbocycles. The highest BCUT2D eigenvalue weighted by atomic mass is 16.6. The van der Waals surface area contributed by atoms with Gasteiger partial charge in [-0.05, 0) is 23.8 Å². The van der Waals surface area contributed by atoms with Gasteiger partial charge in [-0.25, -0.2) is 14.4 Å². The third kappa shape index (κ3) is 6.44. The van der Waals surface area contributed by atoms with Gasteiger partial charge in [0.15, 0.2) is 6.04 Å². The Morgan fingerprint density at radius 1 is 1.18 bits per heavy atom. The van der Waals surface area contributed by atoms with Gasteiger partial charge in [0, 0.05) is 6.54 Å². The molecule has 1 aromatic carbocycles. The molecule has 2 amide bonds. The van der Waals surface area contributed by atoms with E-state index < -0.39 is 30.2 Å². The first-order chi connectivity index (χ1) is 13.2. The molecule has 1 heterocycles. The molecule has 1 fully saturated rings. The van der Waals surface area contributed by atoms with E-state index in [1.807, 2.05) is 51.1 Å². The molecule has 0 unspecified atom stereocenters. The number of carbonyl (C=O) groups excluding carboxylic acids is 2. The van der Waals surface area contributed by atoms with Crippen LogP contribution in [0, 0.1) is 5.41 Å².